The van der Waals surface area contributed by atoms with Crippen molar-refractivity contribution >= 4 is 5.91 Å². The van der Waals surface area contributed by atoms with Gasteiger partial charge >= 0.3 is 0 Å². The van der Waals surface area contributed by atoms with Crippen LogP contribution in [0.4, 0.5) is 0 Å². The van der Waals surface area contributed by atoms with Crippen molar-refractivity contribution in [3.8, 4) is 0 Å². The highest BCUT2D eigenvalue weighted by Gasteiger charge is 2.43. The van der Waals surface area contributed by atoms with Crippen LogP contribution in [0.15, 0.2) is 0 Å². The van der Waals surface area contributed by atoms with E-state index in [2.05, 4.69) is 4.90 Å². The minimum atomic E-state index is -0.696. The second-order valence-electron chi connectivity index (χ2n) is 8.27. The number of hydrogen-bond donors (Lipinski definition) is 1. The number of nitrogens with zero attached hydrogens (tertiary/aromatic N) is 2. The van der Waals surface area contributed by atoms with Gasteiger partial charge in [-0.25, -0.2) is 0 Å². The third kappa shape index (κ3) is 2.80. The number of carbonyl (C=O) groups is 1. The average Bonchev–Trinajstić information content (AvgIpc) is 3.24. The van der Waals surface area contributed by atoms with Crippen molar-refractivity contribution < 1.29 is 9.90 Å². The van der Waals surface area contributed by atoms with Gasteiger partial charge in [-0.2, -0.15) is 0 Å². The topological polar surface area (TPSA) is 43.8 Å². The first-order chi connectivity index (χ1) is 10.6. The van der Waals surface area contributed by atoms with Crippen molar-refractivity contribution in [2.45, 2.75) is 69.4 Å². The monoisotopic (exact) mass is 306 g/mol. The molecular weight excluding hydrogens is 276 g/mol. The molecule has 3 saturated carbocycles. The first-order valence-corrected chi connectivity index (χ1v) is 9.37. The Hall–Kier alpha value is -0.610. The Bertz CT molecular complexity index is 425. The molecule has 4 fully saturated rings. The standard InChI is InChI=1S/C18H30N2O2/c21-17(13-18(22)5-1-2-6-18)20-9-7-19(8-10-20)16-12-14-3-4-15(16)11-14/h14-16,22H,1-13H2. The minimum Gasteiger partial charge on any atom is -0.389 e. The number of amides is 1. The molecule has 2 bridgehead atoms. The molecule has 1 aliphatic heterocycles. The summed E-state index contributed by atoms with van der Waals surface area (Å²) in [7, 11) is 0. The van der Waals surface area contributed by atoms with Crippen LogP contribution in [0.25, 0.3) is 0 Å². The fraction of sp³-hybridized carbons (Fsp3) is 0.944. The highest BCUT2D eigenvalue weighted by atomic mass is 16.3. The van der Waals surface area contributed by atoms with E-state index in [0.717, 1.165) is 69.7 Å². The smallest absolute Gasteiger partial charge is 0.225 e. The van der Waals surface area contributed by atoms with Gasteiger partial charge in [0.1, 0.15) is 0 Å². The lowest BCUT2D eigenvalue weighted by Crippen LogP contribution is -2.53. The summed E-state index contributed by atoms with van der Waals surface area (Å²) >= 11 is 0. The van der Waals surface area contributed by atoms with Crippen LogP contribution in [-0.4, -0.2) is 58.6 Å². The fourth-order valence-corrected chi connectivity index (χ4v) is 5.56. The van der Waals surface area contributed by atoms with Gasteiger partial charge in [0.25, 0.3) is 0 Å². The Morgan fingerprint density at radius 3 is 2.36 bits per heavy atom. The molecule has 3 aliphatic carbocycles. The molecule has 1 amide bonds. The molecule has 3 unspecified atom stereocenters. The Labute approximate surface area is 133 Å². The average molecular weight is 306 g/mol. The zero-order chi connectivity index (χ0) is 15.2. The number of hydrogen-bond acceptors (Lipinski definition) is 3. The number of carbonyl (C=O) groups excluding carboxylic acids is 1. The van der Waals surface area contributed by atoms with Gasteiger partial charge < -0.3 is 10.0 Å². The van der Waals surface area contributed by atoms with E-state index in [0.29, 0.717) is 6.42 Å². The van der Waals surface area contributed by atoms with Crippen molar-refractivity contribution in [1.29, 1.82) is 0 Å². The maximum Gasteiger partial charge on any atom is 0.225 e. The van der Waals surface area contributed by atoms with Gasteiger partial charge in [0.15, 0.2) is 0 Å². The molecule has 0 aromatic heterocycles. The summed E-state index contributed by atoms with van der Waals surface area (Å²) in [5, 5.41) is 10.4. The fourth-order valence-electron chi connectivity index (χ4n) is 5.56. The van der Waals surface area contributed by atoms with E-state index in [1.807, 2.05) is 4.90 Å². The van der Waals surface area contributed by atoms with E-state index in [4.69, 9.17) is 0 Å². The van der Waals surface area contributed by atoms with Crippen LogP contribution in [0.1, 0.15) is 57.8 Å². The largest absolute Gasteiger partial charge is 0.389 e. The molecule has 4 rings (SSSR count). The Kier molecular flexibility index (Phi) is 3.93. The third-order valence-corrected chi connectivity index (χ3v) is 6.85. The van der Waals surface area contributed by atoms with Crippen LogP contribution in [0.5, 0.6) is 0 Å². The van der Waals surface area contributed by atoms with E-state index < -0.39 is 5.60 Å². The molecular formula is C18H30N2O2. The molecule has 0 radical (unpaired) electrons. The van der Waals surface area contributed by atoms with Crippen LogP contribution in [0.2, 0.25) is 0 Å². The molecule has 0 aromatic carbocycles. The first-order valence-electron chi connectivity index (χ1n) is 9.37. The molecule has 3 atom stereocenters. The molecule has 4 heteroatoms. The zero-order valence-electron chi connectivity index (χ0n) is 13.7. The van der Waals surface area contributed by atoms with Gasteiger partial charge in [0.05, 0.1) is 12.0 Å². The Balaban J connectivity index is 1.27. The van der Waals surface area contributed by atoms with E-state index in [-0.39, 0.29) is 5.91 Å². The lowest BCUT2D eigenvalue weighted by molar-refractivity contribution is -0.138. The predicted octanol–water partition coefficient (Wildman–Crippen LogP) is 2.01. The summed E-state index contributed by atoms with van der Waals surface area (Å²) in [6.07, 6.45) is 9.85. The molecule has 0 spiro atoms. The van der Waals surface area contributed by atoms with Gasteiger partial charge in [0.2, 0.25) is 5.91 Å². The van der Waals surface area contributed by atoms with E-state index in [9.17, 15) is 9.90 Å². The summed E-state index contributed by atoms with van der Waals surface area (Å²) in [6.45, 7) is 3.81. The van der Waals surface area contributed by atoms with Crippen LogP contribution >= 0.6 is 0 Å². The lowest BCUT2D eigenvalue weighted by Gasteiger charge is -2.41. The van der Waals surface area contributed by atoms with E-state index in [1.54, 1.807) is 0 Å². The second kappa shape index (κ2) is 5.79. The quantitative estimate of drug-likeness (QED) is 0.867. The molecule has 1 heterocycles. The van der Waals surface area contributed by atoms with Crippen LogP contribution in [0.3, 0.4) is 0 Å². The number of piperazine rings is 1. The Morgan fingerprint density at radius 2 is 1.77 bits per heavy atom. The van der Waals surface area contributed by atoms with Gasteiger partial charge in [-0.05, 0) is 43.9 Å². The highest BCUT2D eigenvalue weighted by molar-refractivity contribution is 5.77. The third-order valence-electron chi connectivity index (χ3n) is 6.85. The number of aliphatic hydroxyl groups is 1. The minimum absolute atomic E-state index is 0.178. The van der Waals surface area contributed by atoms with Gasteiger partial charge in [0, 0.05) is 32.2 Å². The molecule has 4 aliphatic rings. The van der Waals surface area contributed by atoms with Crippen molar-refractivity contribution in [3.05, 3.63) is 0 Å². The lowest BCUT2D eigenvalue weighted by atomic mass is 9.93. The van der Waals surface area contributed by atoms with Crippen molar-refractivity contribution in [1.82, 2.24) is 9.80 Å². The second-order valence-corrected chi connectivity index (χ2v) is 8.27. The first kappa shape index (κ1) is 14.9. The molecule has 22 heavy (non-hydrogen) atoms. The highest BCUT2D eigenvalue weighted by Crippen LogP contribution is 2.46. The predicted molar refractivity (Wildman–Crippen MR) is 85.4 cm³/mol. The van der Waals surface area contributed by atoms with E-state index >= 15 is 0 Å². The summed E-state index contributed by atoms with van der Waals surface area (Å²) in [4.78, 5) is 17.1. The van der Waals surface area contributed by atoms with Crippen LogP contribution in [-0.2, 0) is 4.79 Å². The Morgan fingerprint density at radius 1 is 1.05 bits per heavy atom. The maximum atomic E-state index is 12.5. The van der Waals surface area contributed by atoms with Crippen molar-refractivity contribution in [2.75, 3.05) is 26.2 Å². The van der Waals surface area contributed by atoms with Gasteiger partial charge in [-0.15, -0.1) is 0 Å². The summed E-state index contributed by atoms with van der Waals surface area (Å²) in [5.74, 6) is 2.11. The van der Waals surface area contributed by atoms with Gasteiger partial charge in [-0.1, -0.05) is 19.3 Å². The van der Waals surface area contributed by atoms with Crippen LogP contribution in [0, 0.1) is 11.8 Å². The summed E-state index contributed by atoms with van der Waals surface area (Å²) in [6, 6.07) is 0.801. The SMILES string of the molecule is O=C(CC1(O)CCCC1)N1CCN(C2CC3CCC2C3)CC1. The number of rotatable bonds is 3. The van der Waals surface area contributed by atoms with Crippen molar-refractivity contribution in [3.63, 3.8) is 0 Å². The molecule has 1 saturated heterocycles. The van der Waals surface area contributed by atoms with Crippen LogP contribution < -0.4 is 0 Å². The maximum absolute atomic E-state index is 12.5. The normalized spacial score (nSPS) is 37.9. The van der Waals surface area contributed by atoms with E-state index in [1.165, 1.54) is 25.7 Å². The zero-order valence-corrected chi connectivity index (χ0v) is 13.7. The van der Waals surface area contributed by atoms with Gasteiger partial charge in [-0.3, -0.25) is 9.69 Å². The summed E-state index contributed by atoms with van der Waals surface area (Å²) < 4.78 is 0. The molecule has 0 aromatic rings. The molecule has 1 N–H and O–H groups in total. The molecule has 4 nitrogen and oxygen atoms in total. The summed E-state index contributed by atoms with van der Waals surface area (Å²) in [5.41, 5.74) is -0.696. The number of fused-ring (bicyclic) bond motifs is 2. The van der Waals surface area contributed by atoms with Crippen molar-refractivity contribution in [2.24, 2.45) is 11.8 Å². The molecule has 124 valence electrons.